The summed E-state index contributed by atoms with van der Waals surface area (Å²) >= 11 is 0. The van der Waals surface area contributed by atoms with Gasteiger partial charge in [0.05, 0.1) is 11.3 Å². The first kappa shape index (κ1) is 11.3. The average Bonchev–Trinajstić information content (AvgIpc) is 2.58. The molecule has 0 aliphatic rings. The molecule has 0 fully saturated rings. The molecule has 2 aromatic rings. The fourth-order valence-electron chi connectivity index (χ4n) is 1.74. The Balaban J connectivity index is 2.56. The number of carbonyl (C=O) groups is 1. The minimum atomic E-state index is -1.28. The van der Waals surface area contributed by atoms with E-state index in [9.17, 15) is 9.18 Å². The van der Waals surface area contributed by atoms with Crippen molar-refractivity contribution < 1.29 is 18.8 Å². The van der Waals surface area contributed by atoms with Crippen LogP contribution in [0, 0.1) is 19.7 Å². The number of hydrogen-bond donors (Lipinski definition) is 1. The summed E-state index contributed by atoms with van der Waals surface area (Å²) in [4.78, 5) is 10.7. The Hall–Kier alpha value is -2.17. The maximum atomic E-state index is 13.5. The van der Waals surface area contributed by atoms with Gasteiger partial charge in [-0.3, -0.25) is 0 Å². The van der Waals surface area contributed by atoms with E-state index in [2.05, 4.69) is 5.16 Å². The largest absolute Gasteiger partial charge is 0.478 e. The quantitative estimate of drug-likeness (QED) is 0.869. The average molecular weight is 235 g/mol. The summed E-state index contributed by atoms with van der Waals surface area (Å²) in [6.45, 7) is 3.47. The van der Waals surface area contributed by atoms with Crippen molar-refractivity contribution in [1.82, 2.24) is 5.16 Å². The van der Waals surface area contributed by atoms with Crippen LogP contribution in [-0.4, -0.2) is 16.2 Å². The number of carboxylic acid groups (broad SMARTS) is 1. The Kier molecular flexibility index (Phi) is 2.67. The van der Waals surface area contributed by atoms with E-state index < -0.39 is 11.8 Å². The van der Waals surface area contributed by atoms with Crippen LogP contribution in [0.4, 0.5) is 4.39 Å². The van der Waals surface area contributed by atoms with Gasteiger partial charge in [0.15, 0.2) is 0 Å². The van der Waals surface area contributed by atoms with E-state index in [4.69, 9.17) is 9.63 Å². The normalized spacial score (nSPS) is 10.5. The summed E-state index contributed by atoms with van der Waals surface area (Å²) in [5, 5.41) is 12.5. The predicted molar refractivity (Wildman–Crippen MR) is 58.3 cm³/mol. The van der Waals surface area contributed by atoms with Crippen molar-refractivity contribution in [3.8, 4) is 11.1 Å². The number of aryl methyl sites for hydroxylation is 2. The van der Waals surface area contributed by atoms with Crippen molar-refractivity contribution in [1.29, 1.82) is 0 Å². The molecule has 1 aromatic carbocycles. The van der Waals surface area contributed by atoms with Gasteiger partial charge in [0.25, 0.3) is 0 Å². The lowest BCUT2D eigenvalue weighted by Gasteiger charge is -2.02. The Morgan fingerprint density at radius 1 is 1.41 bits per heavy atom. The summed E-state index contributed by atoms with van der Waals surface area (Å²) in [5.41, 5.74) is 1.55. The molecule has 0 saturated heterocycles. The number of aromatic nitrogens is 1. The third-order valence-electron chi connectivity index (χ3n) is 2.52. The van der Waals surface area contributed by atoms with Gasteiger partial charge in [0.1, 0.15) is 11.6 Å². The second-order valence-electron chi connectivity index (χ2n) is 3.70. The summed E-state index contributed by atoms with van der Waals surface area (Å²) in [5.74, 6) is -1.48. The molecule has 0 radical (unpaired) electrons. The predicted octanol–water partition coefficient (Wildman–Crippen LogP) is 2.80. The van der Waals surface area contributed by atoms with Gasteiger partial charge in [-0.25, -0.2) is 9.18 Å². The Morgan fingerprint density at radius 3 is 2.59 bits per heavy atom. The fourth-order valence-corrected chi connectivity index (χ4v) is 1.74. The number of carboxylic acids is 1. The lowest BCUT2D eigenvalue weighted by molar-refractivity contribution is 0.0692. The number of halogens is 1. The minimum Gasteiger partial charge on any atom is -0.478 e. The zero-order valence-electron chi connectivity index (χ0n) is 9.32. The van der Waals surface area contributed by atoms with Gasteiger partial charge in [-0.15, -0.1) is 0 Å². The van der Waals surface area contributed by atoms with Crippen molar-refractivity contribution in [2.24, 2.45) is 0 Å². The molecule has 0 saturated carbocycles. The molecule has 0 spiro atoms. The smallest absolute Gasteiger partial charge is 0.338 e. The zero-order valence-corrected chi connectivity index (χ0v) is 9.32. The van der Waals surface area contributed by atoms with Crippen LogP contribution in [0.1, 0.15) is 21.8 Å². The van der Waals surface area contributed by atoms with Crippen LogP contribution in [0.2, 0.25) is 0 Å². The lowest BCUT2D eigenvalue weighted by Crippen LogP contribution is -2.00. The number of hydrogen-bond acceptors (Lipinski definition) is 3. The minimum absolute atomic E-state index is 0.347. The molecule has 0 bridgehead atoms. The van der Waals surface area contributed by atoms with Crippen molar-refractivity contribution in [3.05, 3.63) is 41.0 Å². The number of benzene rings is 1. The maximum Gasteiger partial charge on any atom is 0.338 e. The van der Waals surface area contributed by atoms with E-state index >= 15 is 0 Å². The third-order valence-corrected chi connectivity index (χ3v) is 2.52. The molecule has 1 N–H and O–H groups in total. The Bertz CT molecular complexity index is 570. The lowest BCUT2D eigenvalue weighted by atomic mass is 10.0. The topological polar surface area (TPSA) is 63.3 Å². The van der Waals surface area contributed by atoms with E-state index in [0.717, 1.165) is 0 Å². The first-order chi connectivity index (χ1) is 8.00. The van der Waals surface area contributed by atoms with E-state index in [-0.39, 0.29) is 5.56 Å². The molecule has 1 heterocycles. The highest BCUT2D eigenvalue weighted by molar-refractivity contribution is 5.88. The summed E-state index contributed by atoms with van der Waals surface area (Å²) in [7, 11) is 0. The van der Waals surface area contributed by atoms with Crippen molar-refractivity contribution >= 4 is 5.97 Å². The first-order valence-corrected chi connectivity index (χ1v) is 4.97. The fraction of sp³-hybridized carbons (Fsp3) is 0.167. The molecule has 17 heavy (non-hydrogen) atoms. The highest BCUT2D eigenvalue weighted by Crippen LogP contribution is 2.28. The molecule has 0 atom stereocenters. The summed E-state index contributed by atoms with van der Waals surface area (Å²) in [6, 6.07) is 3.95. The molecular formula is C12H10FNO3. The van der Waals surface area contributed by atoms with Crippen molar-refractivity contribution in [2.75, 3.05) is 0 Å². The molecule has 1 aromatic heterocycles. The van der Waals surface area contributed by atoms with E-state index in [1.807, 2.05) is 0 Å². The van der Waals surface area contributed by atoms with Gasteiger partial charge in [-0.05, 0) is 31.5 Å². The SMILES string of the molecule is Cc1noc(C)c1-c1ccc(C(=O)O)c(F)c1. The summed E-state index contributed by atoms with van der Waals surface area (Å²) < 4.78 is 18.5. The number of aromatic carboxylic acids is 1. The molecule has 0 unspecified atom stereocenters. The second-order valence-corrected chi connectivity index (χ2v) is 3.70. The highest BCUT2D eigenvalue weighted by atomic mass is 19.1. The van der Waals surface area contributed by atoms with E-state index in [1.54, 1.807) is 19.9 Å². The highest BCUT2D eigenvalue weighted by Gasteiger charge is 2.15. The molecular weight excluding hydrogens is 225 g/mol. The van der Waals surface area contributed by atoms with E-state index in [1.165, 1.54) is 12.1 Å². The monoisotopic (exact) mass is 235 g/mol. The van der Waals surface area contributed by atoms with Crippen LogP contribution in [0.3, 0.4) is 0 Å². The van der Waals surface area contributed by atoms with Crippen LogP contribution in [0.5, 0.6) is 0 Å². The first-order valence-electron chi connectivity index (χ1n) is 4.97. The van der Waals surface area contributed by atoms with Gasteiger partial charge in [-0.1, -0.05) is 11.2 Å². The maximum absolute atomic E-state index is 13.5. The number of nitrogens with zero attached hydrogens (tertiary/aromatic N) is 1. The van der Waals surface area contributed by atoms with E-state index in [0.29, 0.717) is 22.6 Å². The van der Waals surface area contributed by atoms with Gasteiger partial charge in [-0.2, -0.15) is 0 Å². The van der Waals surface area contributed by atoms with Crippen LogP contribution >= 0.6 is 0 Å². The zero-order chi connectivity index (χ0) is 12.6. The summed E-state index contributed by atoms with van der Waals surface area (Å²) in [6.07, 6.45) is 0. The van der Waals surface area contributed by atoms with Gasteiger partial charge >= 0.3 is 5.97 Å². The van der Waals surface area contributed by atoms with Gasteiger partial charge in [0, 0.05) is 5.56 Å². The molecule has 0 amide bonds. The van der Waals surface area contributed by atoms with Crippen molar-refractivity contribution in [2.45, 2.75) is 13.8 Å². The molecule has 2 rings (SSSR count). The van der Waals surface area contributed by atoms with Gasteiger partial charge in [0.2, 0.25) is 0 Å². The molecule has 88 valence electrons. The Morgan fingerprint density at radius 2 is 2.12 bits per heavy atom. The standard InChI is InChI=1S/C12H10FNO3/c1-6-11(7(2)17-14-6)8-3-4-9(12(15)16)10(13)5-8/h3-5H,1-2H3,(H,15,16). The molecule has 0 aliphatic carbocycles. The van der Waals surface area contributed by atoms with Crippen LogP contribution in [-0.2, 0) is 0 Å². The van der Waals surface area contributed by atoms with Crippen LogP contribution in [0.25, 0.3) is 11.1 Å². The number of rotatable bonds is 2. The third kappa shape index (κ3) is 1.91. The molecule has 5 heteroatoms. The van der Waals surface area contributed by atoms with Crippen molar-refractivity contribution in [3.63, 3.8) is 0 Å². The van der Waals surface area contributed by atoms with Crippen LogP contribution in [0.15, 0.2) is 22.7 Å². The molecule has 0 aliphatic heterocycles. The molecule has 4 nitrogen and oxygen atoms in total. The van der Waals surface area contributed by atoms with Gasteiger partial charge < -0.3 is 9.63 Å². The Labute approximate surface area is 96.7 Å². The second kappa shape index (κ2) is 4.01. The van der Waals surface area contributed by atoms with Crippen LogP contribution < -0.4 is 0 Å².